The molecule has 1 rings (SSSR count). The average molecular weight is 266 g/mol. The molecule has 0 aliphatic carbocycles. The Morgan fingerprint density at radius 1 is 1.33 bits per heavy atom. The standard InChI is InChI=1S/C13H18N2O2S/c1-3-4-9-18(16,17)15-13(10-14)12-7-5-11(2)6-8-12/h5-8,13,15H,3-4,9H2,1-2H3. The number of hydrogen-bond acceptors (Lipinski definition) is 3. The van der Waals surface area contributed by atoms with Crippen molar-refractivity contribution in [3.63, 3.8) is 0 Å². The molecule has 0 fully saturated rings. The fraction of sp³-hybridized carbons (Fsp3) is 0.462. The van der Waals surface area contributed by atoms with Crippen molar-refractivity contribution in [1.82, 2.24) is 4.72 Å². The van der Waals surface area contributed by atoms with E-state index in [0.29, 0.717) is 12.0 Å². The summed E-state index contributed by atoms with van der Waals surface area (Å²) in [4.78, 5) is 0. The van der Waals surface area contributed by atoms with E-state index in [4.69, 9.17) is 5.26 Å². The van der Waals surface area contributed by atoms with Crippen LogP contribution in [0.3, 0.4) is 0 Å². The van der Waals surface area contributed by atoms with E-state index in [0.717, 1.165) is 12.0 Å². The third-order valence-electron chi connectivity index (χ3n) is 2.60. The topological polar surface area (TPSA) is 70.0 Å². The van der Waals surface area contributed by atoms with Crippen molar-refractivity contribution in [2.45, 2.75) is 32.7 Å². The number of unbranched alkanes of at least 4 members (excludes halogenated alkanes) is 1. The van der Waals surface area contributed by atoms with Gasteiger partial charge >= 0.3 is 0 Å². The first kappa shape index (κ1) is 14.7. The summed E-state index contributed by atoms with van der Waals surface area (Å²) in [5.41, 5.74) is 1.74. The SMILES string of the molecule is CCCCS(=O)(=O)NC(C#N)c1ccc(C)cc1. The van der Waals surface area contributed by atoms with Crippen LogP contribution in [0.1, 0.15) is 36.9 Å². The van der Waals surface area contributed by atoms with Crippen molar-refractivity contribution in [2.75, 3.05) is 5.75 Å². The number of benzene rings is 1. The van der Waals surface area contributed by atoms with Gasteiger partial charge in [-0.1, -0.05) is 43.2 Å². The molecular formula is C13H18N2O2S. The highest BCUT2D eigenvalue weighted by Crippen LogP contribution is 2.14. The summed E-state index contributed by atoms with van der Waals surface area (Å²) in [7, 11) is -3.39. The molecule has 0 aliphatic heterocycles. The minimum Gasteiger partial charge on any atom is -0.212 e. The molecule has 98 valence electrons. The van der Waals surface area contributed by atoms with E-state index in [2.05, 4.69) is 4.72 Å². The number of nitrogens with one attached hydrogen (secondary N) is 1. The van der Waals surface area contributed by atoms with Crippen LogP contribution in [0.15, 0.2) is 24.3 Å². The first-order valence-electron chi connectivity index (χ1n) is 5.94. The molecule has 1 atom stereocenters. The molecule has 0 amide bonds. The van der Waals surface area contributed by atoms with Gasteiger partial charge in [0.1, 0.15) is 6.04 Å². The van der Waals surface area contributed by atoms with Gasteiger partial charge in [0.2, 0.25) is 10.0 Å². The second-order valence-corrected chi connectivity index (χ2v) is 6.14. The van der Waals surface area contributed by atoms with Gasteiger partial charge in [-0.15, -0.1) is 0 Å². The Morgan fingerprint density at radius 2 is 1.94 bits per heavy atom. The van der Waals surface area contributed by atoms with Gasteiger partial charge < -0.3 is 0 Å². The van der Waals surface area contributed by atoms with Gasteiger partial charge in [-0.3, -0.25) is 0 Å². The Balaban J connectivity index is 2.80. The lowest BCUT2D eigenvalue weighted by Gasteiger charge is -2.12. The third-order valence-corrected chi connectivity index (χ3v) is 4.02. The Kier molecular flexibility index (Phi) is 5.32. The maximum Gasteiger partial charge on any atom is 0.213 e. The van der Waals surface area contributed by atoms with Crippen LogP contribution < -0.4 is 4.72 Å². The van der Waals surface area contributed by atoms with Crippen molar-refractivity contribution in [2.24, 2.45) is 0 Å². The van der Waals surface area contributed by atoms with E-state index in [-0.39, 0.29) is 5.75 Å². The molecule has 0 radical (unpaired) electrons. The summed E-state index contributed by atoms with van der Waals surface area (Å²) >= 11 is 0. The molecule has 1 unspecified atom stereocenters. The summed E-state index contributed by atoms with van der Waals surface area (Å²) in [6.07, 6.45) is 1.41. The van der Waals surface area contributed by atoms with Crippen LogP contribution in [0.4, 0.5) is 0 Å². The Labute approximate surface area is 109 Å². The van der Waals surface area contributed by atoms with Crippen molar-refractivity contribution in [3.8, 4) is 6.07 Å². The summed E-state index contributed by atoms with van der Waals surface area (Å²) < 4.78 is 25.9. The summed E-state index contributed by atoms with van der Waals surface area (Å²) in [6.45, 7) is 3.87. The van der Waals surface area contributed by atoms with E-state index < -0.39 is 16.1 Å². The molecule has 0 bridgehead atoms. The zero-order chi connectivity index (χ0) is 13.6. The number of sulfonamides is 1. The van der Waals surface area contributed by atoms with Gasteiger partial charge in [0.25, 0.3) is 0 Å². The summed E-state index contributed by atoms with van der Waals surface area (Å²) in [5, 5.41) is 9.06. The maximum absolute atomic E-state index is 11.7. The van der Waals surface area contributed by atoms with Gasteiger partial charge in [0, 0.05) is 0 Å². The van der Waals surface area contributed by atoms with Crippen LogP contribution in [0.25, 0.3) is 0 Å². The van der Waals surface area contributed by atoms with Crippen LogP contribution >= 0.6 is 0 Å². The second-order valence-electron chi connectivity index (χ2n) is 4.26. The van der Waals surface area contributed by atoms with Crippen molar-refractivity contribution < 1.29 is 8.42 Å². The Morgan fingerprint density at radius 3 is 2.44 bits per heavy atom. The lowest BCUT2D eigenvalue weighted by Crippen LogP contribution is -2.29. The lowest BCUT2D eigenvalue weighted by molar-refractivity contribution is 0.572. The third kappa shape index (κ3) is 4.47. The first-order chi connectivity index (χ1) is 8.48. The van der Waals surface area contributed by atoms with Crippen molar-refractivity contribution in [1.29, 1.82) is 5.26 Å². The molecule has 0 aromatic heterocycles. The number of aryl methyl sites for hydroxylation is 1. The molecule has 0 spiro atoms. The predicted molar refractivity (Wildman–Crippen MR) is 71.4 cm³/mol. The summed E-state index contributed by atoms with van der Waals surface area (Å²) in [6, 6.07) is 8.43. The minimum atomic E-state index is -3.39. The van der Waals surface area contributed by atoms with Crippen LogP contribution in [-0.4, -0.2) is 14.2 Å². The largest absolute Gasteiger partial charge is 0.213 e. The van der Waals surface area contributed by atoms with Gasteiger partial charge in [-0.05, 0) is 18.9 Å². The van der Waals surface area contributed by atoms with Gasteiger partial charge in [-0.25, -0.2) is 8.42 Å². The lowest BCUT2D eigenvalue weighted by atomic mass is 10.1. The van der Waals surface area contributed by atoms with E-state index in [9.17, 15) is 8.42 Å². The van der Waals surface area contributed by atoms with Crippen molar-refractivity contribution >= 4 is 10.0 Å². The van der Waals surface area contributed by atoms with E-state index >= 15 is 0 Å². The van der Waals surface area contributed by atoms with Gasteiger partial charge in [0.05, 0.1) is 11.8 Å². The van der Waals surface area contributed by atoms with E-state index in [1.165, 1.54) is 0 Å². The minimum absolute atomic E-state index is 0.0630. The van der Waals surface area contributed by atoms with Crippen molar-refractivity contribution in [3.05, 3.63) is 35.4 Å². The van der Waals surface area contributed by atoms with Gasteiger partial charge in [0.15, 0.2) is 0 Å². The highest BCUT2D eigenvalue weighted by atomic mass is 32.2. The zero-order valence-corrected chi connectivity index (χ0v) is 11.5. The number of nitrogens with zero attached hydrogens (tertiary/aromatic N) is 1. The molecule has 1 aromatic carbocycles. The van der Waals surface area contributed by atoms with E-state index in [1.54, 1.807) is 12.1 Å². The zero-order valence-electron chi connectivity index (χ0n) is 10.7. The molecule has 4 nitrogen and oxygen atoms in total. The Hall–Kier alpha value is -1.38. The molecule has 1 N–H and O–H groups in total. The average Bonchev–Trinajstić information content (AvgIpc) is 2.35. The monoisotopic (exact) mass is 266 g/mol. The molecule has 18 heavy (non-hydrogen) atoms. The number of rotatable bonds is 6. The maximum atomic E-state index is 11.7. The second kappa shape index (κ2) is 6.53. The fourth-order valence-electron chi connectivity index (χ4n) is 1.50. The normalized spacial score (nSPS) is 12.9. The molecule has 0 saturated carbocycles. The molecule has 0 saturated heterocycles. The molecule has 0 aliphatic rings. The quantitative estimate of drug-likeness (QED) is 0.858. The van der Waals surface area contributed by atoms with Crippen LogP contribution in [0.2, 0.25) is 0 Å². The Bertz CT molecular complexity index is 515. The highest BCUT2D eigenvalue weighted by Gasteiger charge is 2.18. The van der Waals surface area contributed by atoms with Crippen LogP contribution in [0.5, 0.6) is 0 Å². The molecular weight excluding hydrogens is 248 g/mol. The van der Waals surface area contributed by atoms with Gasteiger partial charge in [-0.2, -0.15) is 9.98 Å². The highest BCUT2D eigenvalue weighted by molar-refractivity contribution is 7.89. The number of hydrogen-bond donors (Lipinski definition) is 1. The molecule has 1 aromatic rings. The first-order valence-corrected chi connectivity index (χ1v) is 7.60. The summed E-state index contributed by atoms with van der Waals surface area (Å²) in [5.74, 6) is 0.0630. The number of nitriles is 1. The van der Waals surface area contributed by atoms with Crippen LogP contribution in [-0.2, 0) is 10.0 Å². The predicted octanol–water partition coefficient (Wildman–Crippen LogP) is 2.28. The fourth-order valence-corrected chi connectivity index (χ4v) is 2.84. The smallest absolute Gasteiger partial charge is 0.212 e. The molecule has 0 heterocycles. The van der Waals surface area contributed by atoms with E-state index in [1.807, 2.05) is 32.0 Å². The molecule has 5 heteroatoms. The van der Waals surface area contributed by atoms with Crippen LogP contribution in [0, 0.1) is 18.3 Å².